The number of hydrogen-bond acceptors (Lipinski definition) is 3. The summed E-state index contributed by atoms with van der Waals surface area (Å²) in [5.74, 6) is -1.13. The molecule has 1 aliphatic heterocycles. The van der Waals surface area contributed by atoms with Crippen molar-refractivity contribution in [2.24, 2.45) is 0 Å². The minimum absolute atomic E-state index is 0.0215. The number of rotatable bonds is 7. The van der Waals surface area contributed by atoms with Gasteiger partial charge in [-0.3, -0.25) is 9.69 Å². The first kappa shape index (κ1) is 21.2. The lowest BCUT2D eigenvalue weighted by Gasteiger charge is -2.28. The summed E-state index contributed by atoms with van der Waals surface area (Å²) in [6, 6.07) is 12.6. The third kappa shape index (κ3) is 5.11. The van der Waals surface area contributed by atoms with Crippen molar-refractivity contribution in [1.82, 2.24) is 4.90 Å². The molecule has 4 nitrogen and oxygen atoms in total. The van der Waals surface area contributed by atoms with E-state index in [4.69, 9.17) is 16.9 Å². The zero-order valence-electron chi connectivity index (χ0n) is 16.0. The fourth-order valence-electron chi connectivity index (χ4n) is 3.77. The van der Waals surface area contributed by atoms with E-state index in [0.29, 0.717) is 23.6 Å². The van der Waals surface area contributed by atoms with Gasteiger partial charge in [-0.05, 0) is 50.1 Å². The summed E-state index contributed by atoms with van der Waals surface area (Å²) >= 11 is 6.16. The van der Waals surface area contributed by atoms with Gasteiger partial charge in [-0.15, -0.1) is 0 Å². The number of para-hydroxylation sites is 1. The lowest BCUT2D eigenvalue weighted by atomic mass is 10.0. The van der Waals surface area contributed by atoms with E-state index in [0.717, 1.165) is 12.8 Å². The van der Waals surface area contributed by atoms with Gasteiger partial charge in [0.1, 0.15) is 11.6 Å². The average molecular weight is 418 g/mol. The molecule has 0 aromatic heterocycles. The highest BCUT2D eigenvalue weighted by Crippen LogP contribution is 2.27. The Morgan fingerprint density at radius 3 is 2.69 bits per heavy atom. The molecule has 1 heterocycles. The molecule has 2 aromatic carbocycles. The largest absolute Gasteiger partial charge is 0.308 e. The highest BCUT2D eigenvalue weighted by Gasteiger charge is 2.30. The predicted octanol–water partition coefficient (Wildman–Crippen LogP) is 4.57. The molecule has 152 valence electrons. The van der Waals surface area contributed by atoms with Gasteiger partial charge in [-0.2, -0.15) is 5.26 Å². The molecular formula is C22H22ClF2N3O. The number of nitrogens with zero attached hydrogens (tertiary/aromatic N) is 3. The summed E-state index contributed by atoms with van der Waals surface area (Å²) in [7, 11) is 0. The van der Waals surface area contributed by atoms with Crippen molar-refractivity contribution in [2.45, 2.75) is 31.7 Å². The number of carbonyl (C=O) groups is 1. The first-order valence-corrected chi connectivity index (χ1v) is 9.98. The minimum Gasteiger partial charge on any atom is -0.308 e. The van der Waals surface area contributed by atoms with Crippen LogP contribution in [-0.2, 0) is 11.2 Å². The fourth-order valence-corrected chi connectivity index (χ4v) is 4.01. The Hall–Kier alpha value is -2.49. The molecule has 0 spiro atoms. The van der Waals surface area contributed by atoms with E-state index < -0.39 is 5.82 Å². The number of halogens is 3. The normalized spacial score (nSPS) is 16.6. The quantitative estimate of drug-likeness (QED) is 0.662. The van der Waals surface area contributed by atoms with Gasteiger partial charge in [0.15, 0.2) is 0 Å². The minimum atomic E-state index is -0.505. The summed E-state index contributed by atoms with van der Waals surface area (Å²) in [4.78, 5) is 16.3. The maximum absolute atomic E-state index is 14.2. The maximum atomic E-state index is 14.2. The van der Waals surface area contributed by atoms with Crippen molar-refractivity contribution in [1.29, 1.82) is 5.26 Å². The van der Waals surface area contributed by atoms with E-state index in [1.165, 1.54) is 23.1 Å². The van der Waals surface area contributed by atoms with E-state index in [-0.39, 0.29) is 43.0 Å². The SMILES string of the molecule is N#CCCN(C(=O)CN1CCC[C@@H]1Cc1c(F)cccc1Cl)c1ccccc1F. The van der Waals surface area contributed by atoms with Crippen LogP contribution in [0.2, 0.25) is 5.02 Å². The summed E-state index contributed by atoms with van der Waals surface area (Å²) in [5.41, 5.74) is 0.620. The van der Waals surface area contributed by atoms with E-state index in [2.05, 4.69) is 0 Å². The smallest absolute Gasteiger partial charge is 0.241 e. The van der Waals surface area contributed by atoms with E-state index in [1.54, 1.807) is 24.3 Å². The van der Waals surface area contributed by atoms with Crippen molar-refractivity contribution in [3.63, 3.8) is 0 Å². The maximum Gasteiger partial charge on any atom is 0.241 e. The van der Waals surface area contributed by atoms with Crippen LogP contribution in [0.5, 0.6) is 0 Å². The second kappa shape index (κ2) is 9.82. The van der Waals surface area contributed by atoms with Crippen molar-refractivity contribution in [3.05, 3.63) is 64.7 Å². The Bertz CT molecular complexity index is 895. The van der Waals surface area contributed by atoms with Crippen LogP contribution >= 0.6 is 11.6 Å². The Morgan fingerprint density at radius 1 is 1.21 bits per heavy atom. The van der Waals surface area contributed by atoms with E-state index >= 15 is 0 Å². The molecule has 0 aliphatic carbocycles. The number of carbonyl (C=O) groups excluding carboxylic acids is 1. The van der Waals surface area contributed by atoms with E-state index in [1.807, 2.05) is 11.0 Å². The average Bonchev–Trinajstić information content (AvgIpc) is 3.13. The van der Waals surface area contributed by atoms with Crippen molar-refractivity contribution in [3.8, 4) is 6.07 Å². The van der Waals surface area contributed by atoms with Gasteiger partial charge in [-0.1, -0.05) is 29.8 Å². The fraction of sp³-hybridized carbons (Fsp3) is 0.364. The van der Waals surface area contributed by atoms with Crippen LogP contribution in [0.1, 0.15) is 24.8 Å². The molecule has 2 aromatic rings. The van der Waals surface area contributed by atoms with Gasteiger partial charge in [0.05, 0.1) is 24.7 Å². The van der Waals surface area contributed by atoms with Gasteiger partial charge >= 0.3 is 0 Å². The molecule has 0 N–H and O–H groups in total. The van der Waals surface area contributed by atoms with Crippen molar-refractivity contribution in [2.75, 3.05) is 24.5 Å². The highest BCUT2D eigenvalue weighted by molar-refractivity contribution is 6.31. The number of anilines is 1. The second-order valence-corrected chi connectivity index (χ2v) is 7.48. The van der Waals surface area contributed by atoms with Crippen molar-refractivity contribution < 1.29 is 13.6 Å². The Morgan fingerprint density at radius 2 is 1.97 bits per heavy atom. The van der Waals surface area contributed by atoms with Crippen LogP contribution in [0.4, 0.5) is 14.5 Å². The summed E-state index contributed by atoms with van der Waals surface area (Å²) < 4.78 is 28.4. The third-order valence-electron chi connectivity index (χ3n) is 5.23. The van der Waals surface area contributed by atoms with Gasteiger partial charge < -0.3 is 4.90 Å². The zero-order valence-corrected chi connectivity index (χ0v) is 16.7. The molecule has 1 amide bonds. The van der Waals surface area contributed by atoms with Crippen LogP contribution in [0.3, 0.4) is 0 Å². The molecule has 0 saturated carbocycles. The highest BCUT2D eigenvalue weighted by atomic mass is 35.5. The first-order chi connectivity index (χ1) is 14.0. The predicted molar refractivity (Wildman–Crippen MR) is 109 cm³/mol. The molecule has 0 bridgehead atoms. The molecular weight excluding hydrogens is 396 g/mol. The molecule has 1 atom stereocenters. The standard InChI is InChI=1S/C22H22ClF2N3O/c23-18-7-3-9-19(24)17(18)14-16-6-4-12-27(16)15-22(29)28(13-5-11-26)21-10-2-1-8-20(21)25/h1-3,7-10,16H,4-6,12-15H2/t16-/m1/s1. The number of hydrogen-bond donors (Lipinski definition) is 0. The summed E-state index contributed by atoms with van der Waals surface area (Å²) in [6.07, 6.45) is 2.24. The van der Waals surface area contributed by atoms with Crippen LogP contribution in [0.25, 0.3) is 0 Å². The van der Waals surface area contributed by atoms with Crippen LogP contribution in [0, 0.1) is 23.0 Å². The van der Waals surface area contributed by atoms with Crippen LogP contribution in [-0.4, -0.2) is 36.5 Å². The van der Waals surface area contributed by atoms with Crippen LogP contribution in [0.15, 0.2) is 42.5 Å². The lowest BCUT2D eigenvalue weighted by Crippen LogP contribution is -2.43. The molecule has 7 heteroatoms. The van der Waals surface area contributed by atoms with Gasteiger partial charge in [-0.25, -0.2) is 8.78 Å². The Labute approximate surface area is 174 Å². The summed E-state index contributed by atoms with van der Waals surface area (Å²) in [5, 5.41) is 9.30. The van der Waals surface area contributed by atoms with Gasteiger partial charge in [0.2, 0.25) is 5.91 Å². The Balaban J connectivity index is 1.74. The number of nitriles is 1. The molecule has 0 unspecified atom stereocenters. The van der Waals surface area contributed by atoms with E-state index in [9.17, 15) is 13.6 Å². The summed E-state index contributed by atoms with van der Waals surface area (Å²) in [6.45, 7) is 0.899. The number of amides is 1. The monoisotopic (exact) mass is 417 g/mol. The molecule has 1 saturated heterocycles. The molecule has 0 radical (unpaired) electrons. The van der Waals surface area contributed by atoms with Gasteiger partial charge in [0.25, 0.3) is 0 Å². The zero-order chi connectivity index (χ0) is 20.8. The van der Waals surface area contributed by atoms with Gasteiger partial charge in [0, 0.05) is 23.2 Å². The lowest BCUT2D eigenvalue weighted by molar-refractivity contribution is -0.120. The molecule has 3 rings (SSSR count). The Kier molecular flexibility index (Phi) is 7.18. The van der Waals surface area contributed by atoms with Crippen molar-refractivity contribution >= 4 is 23.2 Å². The first-order valence-electron chi connectivity index (χ1n) is 9.60. The molecule has 1 fully saturated rings. The second-order valence-electron chi connectivity index (χ2n) is 7.08. The molecule has 1 aliphatic rings. The number of benzene rings is 2. The van der Waals surface area contributed by atoms with Crippen LogP contribution < -0.4 is 4.90 Å². The number of likely N-dealkylation sites (tertiary alicyclic amines) is 1. The third-order valence-corrected chi connectivity index (χ3v) is 5.58. The molecule has 29 heavy (non-hydrogen) atoms. The topological polar surface area (TPSA) is 47.3 Å².